The molecule has 0 atom stereocenters. The highest BCUT2D eigenvalue weighted by atomic mass is 32.1. The molecule has 0 saturated heterocycles. The Hall–Kier alpha value is -1.32. The van der Waals surface area contributed by atoms with Crippen molar-refractivity contribution in [2.24, 2.45) is 0 Å². The summed E-state index contributed by atoms with van der Waals surface area (Å²) in [5.74, 6) is -2.67. The Morgan fingerprint density at radius 3 is 2.10 bits per heavy atom. The molecule has 0 bridgehead atoms. The summed E-state index contributed by atoms with van der Waals surface area (Å²) < 4.78 is 68.7. The van der Waals surface area contributed by atoms with E-state index in [1.54, 1.807) is 0 Å². The molecule has 0 aliphatic rings. The number of hydrogen-bond acceptors (Lipinski definition) is 5. The number of hydrogen-bond donors (Lipinski definition) is 1. The zero-order valence-corrected chi connectivity index (χ0v) is 10.9. The van der Waals surface area contributed by atoms with Crippen molar-refractivity contribution >= 4 is 24.6 Å². The van der Waals surface area contributed by atoms with Gasteiger partial charge in [0.2, 0.25) is 0 Å². The number of carbonyl (C=O) groups is 2. The lowest BCUT2D eigenvalue weighted by atomic mass is 10.3. The van der Waals surface area contributed by atoms with Crippen LogP contribution in [0.1, 0.15) is 12.8 Å². The van der Waals surface area contributed by atoms with Crippen LogP contribution in [0.3, 0.4) is 0 Å². The van der Waals surface area contributed by atoms with E-state index in [9.17, 15) is 31.5 Å². The average molecular weight is 322 g/mol. The Kier molecular flexibility index (Phi) is 6.97. The predicted molar refractivity (Wildman–Crippen MR) is 60.3 cm³/mol. The van der Waals surface area contributed by atoms with E-state index in [2.05, 4.69) is 28.7 Å². The van der Waals surface area contributed by atoms with Crippen LogP contribution in [0.25, 0.3) is 0 Å². The molecule has 0 aromatic carbocycles. The van der Waals surface area contributed by atoms with Crippen LogP contribution < -0.4 is 0 Å². The maximum Gasteiger partial charge on any atom is 0.422 e. The van der Waals surface area contributed by atoms with Crippen LogP contribution in [0.4, 0.5) is 22.0 Å². The highest BCUT2D eigenvalue weighted by Gasteiger charge is 2.37. The van der Waals surface area contributed by atoms with E-state index in [0.29, 0.717) is 0 Å². The maximum absolute atomic E-state index is 12.2. The highest BCUT2D eigenvalue weighted by Crippen LogP contribution is 2.24. The van der Waals surface area contributed by atoms with Gasteiger partial charge in [0.15, 0.2) is 6.61 Å². The zero-order valence-electron chi connectivity index (χ0n) is 10.0. The van der Waals surface area contributed by atoms with Gasteiger partial charge in [-0.2, -0.15) is 22.0 Å². The molecular formula is C10H11F5O4S. The first kappa shape index (κ1) is 18.7. The van der Waals surface area contributed by atoms with Gasteiger partial charge in [0.1, 0.15) is 5.57 Å². The Morgan fingerprint density at radius 1 is 1.10 bits per heavy atom. The fourth-order valence-corrected chi connectivity index (χ4v) is 0.888. The second-order valence-electron chi connectivity index (χ2n) is 3.54. The second-order valence-corrected chi connectivity index (χ2v) is 4.20. The number of ether oxygens (including phenoxy) is 2. The van der Waals surface area contributed by atoms with Crippen molar-refractivity contribution < 1.29 is 41.0 Å². The van der Waals surface area contributed by atoms with E-state index in [-0.39, 0.29) is 6.42 Å². The third kappa shape index (κ3) is 8.73. The molecule has 4 nitrogen and oxygen atoms in total. The third-order valence-electron chi connectivity index (χ3n) is 1.75. The molecule has 0 rings (SSSR count). The van der Waals surface area contributed by atoms with Crippen LogP contribution in [-0.4, -0.2) is 36.6 Å². The molecule has 0 unspecified atom stereocenters. The molecule has 0 aromatic rings. The van der Waals surface area contributed by atoms with Gasteiger partial charge < -0.3 is 9.47 Å². The van der Waals surface area contributed by atoms with Crippen LogP contribution in [0, 0.1) is 0 Å². The molecule has 0 aliphatic heterocycles. The van der Waals surface area contributed by atoms with E-state index in [1.807, 2.05) is 0 Å². The molecule has 0 amide bonds. The highest BCUT2D eigenvalue weighted by molar-refractivity contribution is 7.81. The number of esters is 2. The van der Waals surface area contributed by atoms with Gasteiger partial charge in [0.05, 0.1) is 6.61 Å². The fraction of sp³-hybridized carbons (Fsp3) is 0.600. The smallest absolute Gasteiger partial charge is 0.422 e. The number of alkyl halides is 5. The van der Waals surface area contributed by atoms with Crippen molar-refractivity contribution in [3.8, 4) is 0 Å². The molecule has 10 heteroatoms. The molecule has 0 spiro atoms. The number of rotatable bonds is 7. The summed E-state index contributed by atoms with van der Waals surface area (Å²) in [4.78, 5) is 21.7. The SMILES string of the molecule is C=C(C(=O)OCCCC(=O)OCC(F)(F)S)C(F)(F)F. The lowest BCUT2D eigenvalue weighted by Gasteiger charge is -2.11. The number of thiol groups is 1. The standard InChI is InChI=1S/C10H11F5O4S/c1-6(10(13,14)15)8(17)18-4-2-3-7(16)19-5-9(11,12)20/h20H,1-5H2. The minimum absolute atomic E-state index is 0.173. The van der Waals surface area contributed by atoms with Crippen molar-refractivity contribution in [1.82, 2.24) is 0 Å². The molecule has 0 saturated carbocycles. The zero-order chi connectivity index (χ0) is 16.0. The summed E-state index contributed by atoms with van der Waals surface area (Å²) in [5, 5.41) is -3.47. The van der Waals surface area contributed by atoms with Crippen LogP contribution in [0.5, 0.6) is 0 Å². The Bertz CT molecular complexity index is 375. The van der Waals surface area contributed by atoms with E-state index >= 15 is 0 Å². The third-order valence-corrected chi connectivity index (χ3v) is 1.88. The largest absolute Gasteiger partial charge is 0.462 e. The molecule has 20 heavy (non-hydrogen) atoms. The molecule has 0 heterocycles. The normalized spacial score (nSPS) is 11.9. The van der Waals surface area contributed by atoms with Crippen LogP contribution >= 0.6 is 12.6 Å². The summed E-state index contributed by atoms with van der Waals surface area (Å²) in [7, 11) is 0. The van der Waals surface area contributed by atoms with Gasteiger partial charge in [-0.1, -0.05) is 6.58 Å². The van der Waals surface area contributed by atoms with Gasteiger partial charge in [0, 0.05) is 6.42 Å². The lowest BCUT2D eigenvalue weighted by molar-refractivity contribution is -0.153. The molecule has 0 radical (unpaired) electrons. The summed E-state index contributed by atoms with van der Waals surface area (Å²) in [6, 6.07) is 0. The van der Waals surface area contributed by atoms with Crippen LogP contribution in [-0.2, 0) is 19.1 Å². The van der Waals surface area contributed by atoms with E-state index < -0.39 is 48.6 Å². The topological polar surface area (TPSA) is 52.6 Å². The minimum atomic E-state index is -4.89. The summed E-state index contributed by atoms with van der Waals surface area (Å²) in [5.41, 5.74) is -1.67. The Labute approximate surface area is 116 Å². The van der Waals surface area contributed by atoms with Gasteiger partial charge in [-0.25, -0.2) is 4.79 Å². The van der Waals surface area contributed by atoms with Crippen LogP contribution in [0.2, 0.25) is 0 Å². The van der Waals surface area contributed by atoms with Crippen molar-refractivity contribution in [2.45, 2.75) is 24.3 Å². The van der Waals surface area contributed by atoms with E-state index in [1.165, 1.54) is 0 Å². The van der Waals surface area contributed by atoms with Gasteiger partial charge in [-0.05, 0) is 6.42 Å². The molecule has 0 aliphatic carbocycles. The second kappa shape index (κ2) is 7.46. The minimum Gasteiger partial charge on any atom is -0.462 e. The lowest BCUT2D eigenvalue weighted by Crippen LogP contribution is -2.22. The van der Waals surface area contributed by atoms with Crippen molar-refractivity contribution in [2.75, 3.05) is 13.2 Å². The van der Waals surface area contributed by atoms with Gasteiger partial charge >= 0.3 is 23.4 Å². The number of halogens is 5. The van der Waals surface area contributed by atoms with Crippen molar-refractivity contribution in [1.29, 1.82) is 0 Å². The van der Waals surface area contributed by atoms with Crippen LogP contribution in [0.15, 0.2) is 12.2 Å². The first-order valence-electron chi connectivity index (χ1n) is 5.12. The summed E-state index contributed by atoms with van der Waals surface area (Å²) >= 11 is 2.82. The molecule has 0 fully saturated rings. The van der Waals surface area contributed by atoms with Gasteiger partial charge in [-0.3, -0.25) is 4.79 Å². The Balaban J connectivity index is 3.85. The first-order chi connectivity index (χ1) is 8.93. The molecule has 0 N–H and O–H groups in total. The number of carbonyl (C=O) groups excluding carboxylic acids is 2. The average Bonchev–Trinajstić information content (AvgIpc) is 2.28. The monoisotopic (exact) mass is 322 g/mol. The van der Waals surface area contributed by atoms with Crippen molar-refractivity contribution in [3.63, 3.8) is 0 Å². The first-order valence-corrected chi connectivity index (χ1v) is 5.57. The van der Waals surface area contributed by atoms with Crippen molar-refractivity contribution in [3.05, 3.63) is 12.2 Å². The quantitative estimate of drug-likeness (QED) is 0.257. The van der Waals surface area contributed by atoms with E-state index in [4.69, 9.17) is 0 Å². The van der Waals surface area contributed by atoms with Gasteiger partial charge in [-0.15, -0.1) is 12.6 Å². The maximum atomic E-state index is 12.2. The van der Waals surface area contributed by atoms with E-state index in [0.717, 1.165) is 0 Å². The molecular weight excluding hydrogens is 311 g/mol. The summed E-state index contributed by atoms with van der Waals surface area (Å²) in [6.07, 6.45) is -5.46. The molecule has 116 valence electrons. The van der Waals surface area contributed by atoms with Gasteiger partial charge in [0.25, 0.3) is 0 Å². The predicted octanol–water partition coefficient (Wildman–Crippen LogP) is 2.49. The summed E-state index contributed by atoms with van der Waals surface area (Å²) in [6.45, 7) is 0.791. The fourth-order valence-electron chi connectivity index (χ4n) is 0.824. The Morgan fingerprint density at radius 2 is 1.65 bits per heavy atom. The molecule has 0 aromatic heterocycles.